The Kier molecular flexibility index (Phi) is 28.8. The first kappa shape index (κ1) is 40.6. The van der Waals surface area contributed by atoms with E-state index in [4.69, 9.17) is 28.4 Å². The lowest BCUT2D eigenvalue weighted by atomic mass is 9.93. The van der Waals surface area contributed by atoms with Crippen LogP contribution in [0.25, 0.3) is 0 Å². The van der Waals surface area contributed by atoms with Crippen LogP contribution in [0.1, 0.15) is 138 Å². The molecule has 236 valence electrons. The van der Waals surface area contributed by atoms with Gasteiger partial charge in [-0.1, -0.05) is 97.0 Å². The van der Waals surface area contributed by atoms with Gasteiger partial charge >= 0.3 is 5.97 Å². The van der Waals surface area contributed by atoms with Crippen molar-refractivity contribution in [1.82, 2.24) is 0 Å². The molecule has 0 saturated carbocycles. The fourth-order valence-electron chi connectivity index (χ4n) is 4.81. The third kappa shape index (κ3) is 18.5. The maximum atomic E-state index is 5.92. The summed E-state index contributed by atoms with van der Waals surface area (Å²) in [5.74, 6) is -1.31. The minimum Gasteiger partial charge on any atom is -0.370 e. The molecule has 0 aromatic rings. The lowest BCUT2D eigenvalue weighted by Gasteiger charge is -2.38. The molecule has 0 bridgehead atoms. The minimum atomic E-state index is -1.06. The van der Waals surface area contributed by atoms with Crippen LogP contribution in [-0.2, 0) is 28.4 Å². The highest BCUT2D eigenvalue weighted by atomic mass is 16.9. The molecule has 6 heteroatoms. The van der Waals surface area contributed by atoms with Crippen molar-refractivity contribution in [3.8, 4) is 0 Å². The smallest absolute Gasteiger partial charge is 0.310 e. The van der Waals surface area contributed by atoms with E-state index >= 15 is 0 Å². The molecule has 39 heavy (non-hydrogen) atoms. The minimum absolute atomic E-state index is 0.177. The van der Waals surface area contributed by atoms with Gasteiger partial charge in [0.05, 0.1) is 0 Å². The molecule has 0 aliphatic rings. The highest BCUT2D eigenvalue weighted by Gasteiger charge is 2.42. The number of methoxy groups -OCH3 is 2. The number of hydrogen-bond acceptors (Lipinski definition) is 6. The second kappa shape index (κ2) is 27.7. The number of unbranched alkanes of at least 4 members (excludes halogenated alkanes) is 10. The van der Waals surface area contributed by atoms with Crippen molar-refractivity contribution >= 4 is 0 Å². The molecule has 0 aromatic carbocycles. The summed E-state index contributed by atoms with van der Waals surface area (Å²) in [6, 6.07) is 0. The number of rotatable bonds is 27. The van der Waals surface area contributed by atoms with Gasteiger partial charge in [0, 0.05) is 46.6 Å². The van der Waals surface area contributed by atoms with Gasteiger partial charge in [-0.3, -0.25) is 0 Å². The van der Waals surface area contributed by atoms with Crippen molar-refractivity contribution in [1.29, 1.82) is 0 Å². The molecule has 0 aliphatic heterocycles. The zero-order valence-electron chi connectivity index (χ0n) is 27.6. The summed E-state index contributed by atoms with van der Waals surface area (Å²) in [5, 5.41) is 0. The molecular weight excluding hydrogens is 492 g/mol. The topological polar surface area (TPSA) is 55.4 Å². The Labute approximate surface area is 243 Å². The van der Waals surface area contributed by atoms with E-state index in [-0.39, 0.29) is 12.0 Å². The van der Waals surface area contributed by atoms with Gasteiger partial charge in [-0.2, -0.15) is 0 Å². The first-order valence-electron chi connectivity index (χ1n) is 16.1. The molecule has 0 fully saturated rings. The predicted octanol–water partition coefficient (Wildman–Crippen LogP) is 9.45. The second-order valence-electron chi connectivity index (χ2n) is 10.2. The van der Waals surface area contributed by atoms with Crippen molar-refractivity contribution in [3.63, 3.8) is 0 Å². The van der Waals surface area contributed by atoms with E-state index in [0.717, 1.165) is 19.3 Å². The molecule has 0 saturated heterocycles. The molecular formula is C33H68O6. The molecule has 0 aliphatic carbocycles. The van der Waals surface area contributed by atoms with Gasteiger partial charge in [0.25, 0.3) is 0 Å². The Balaban J connectivity index is 0. The molecule has 0 rings (SSSR count). The van der Waals surface area contributed by atoms with Crippen LogP contribution in [0.4, 0.5) is 0 Å². The van der Waals surface area contributed by atoms with Crippen LogP contribution in [0.5, 0.6) is 0 Å². The quantitative estimate of drug-likeness (QED) is 0.0566. The fourth-order valence-corrected chi connectivity index (χ4v) is 4.81. The third-order valence-corrected chi connectivity index (χ3v) is 7.26. The average molecular weight is 561 g/mol. The first-order valence-corrected chi connectivity index (χ1v) is 16.1. The molecule has 0 radical (unpaired) electrons. The highest BCUT2D eigenvalue weighted by Crippen LogP contribution is 2.29. The maximum Gasteiger partial charge on any atom is 0.310 e. The highest BCUT2D eigenvalue weighted by molar-refractivity contribution is 4.88. The Morgan fingerprint density at radius 1 is 0.590 bits per heavy atom. The summed E-state index contributed by atoms with van der Waals surface area (Å²) >= 11 is 0. The summed E-state index contributed by atoms with van der Waals surface area (Å²) in [6.45, 7) is 20.5. The third-order valence-electron chi connectivity index (χ3n) is 7.26. The Morgan fingerprint density at radius 3 is 1.36 bits per heavy atom. The van der Waals surface area contributed by atoms with E-state index < -0.39 is 11.8 Å². The number of ether oxygens (including phenoxy) is 6. The van der Waals surface area contributed by atoms with Gasteiger partial charge in [-0.25, -0.2) is 0 Å². The van der Waals surface area contributed by atoms with Crippen molar-refractivity contribution in [2.45, 2.75) is 156 Å². The SMILES string of the molecule is C=CC(CCCCCCCC)C(C)(OC)OC.CCCCCCCCC(OCC)C(OCC)(OCC)OCC. The Morgan fingerprint density at radius 2 is 1.00 bits per heavy atom. The van der Waals surface area contributed by atoms with Gasteiger partial charge in [0.15, 0.2) is 5.79 Å². The molecule has 2 unspecified atom stereocenters. The molecule has 0 spiro atoms. The van der Waals surface area contributed by atoms with Gasteiger partial charge in [0.1, 0.15) is 6.10 Å². The Hall–Kier alpha value is -0.500. The summed E-state index contributed by atoms with van der Waals surface area (Å²) in [7, 11) is 3.39. The van der Waals surface area contributed by atoms with E-state index in [2.05, 4.69) is 20.4 Å². The van der Waals surface area contributed by atoms with Crippen LogP contribution in [0.2, 0.25) is 0 Å². The van der Waals surface area contributed by atoms with Crippen LogP contribution >= 0.6 is 0 Å². The van der Waals surface area contributed by atoms with Gasteiger partial charge in [-0.15, -0.1) is 6.58 Å². The summed E-state index contributed by atoms with van der Waals surface area (Å²) in [6.07, 6.45) is 19.2. The van der Waals surface area contributed by atoms with Crippen molar-refractivity contribution in [3.05, 3.63) is 12.7 Å². The fraction of sp³-hybridized carbons (Fsp3) is 0.939. The molecule has 2 atom stereocenters. The van der Waals surface area contributed by atoms with Crippen LogP contribution in [-0.4, -0.2) is 58.5 Å². The predicted molar refractivity (Wildman–Crippen MR) is 165 cm³/mol. The standard InChI is InChI=1S/C18H38O4.C15H30O2/c1-6-11-12-13-14-15-16-17(19-7-2)18(20-8-3,21-9-4)22-10-5;1-6-8-9-10-11-12-13-14(7-2)15(3,16-4)17-5/h17H,6-16H2,1-5H3;7,14H,2,6,8-13H2,1,3-5H3. The lowest BCUT2D eigenvalue weighted by molar-refractivity contribution is -0.415. The van der Waals surface area contributed by atoms with Gasteiger partial charge in [-0.05, 0) is 47.5 Å². The van der Waals surface area contributed by atoms with Crippen molar-refractivity contribution in [2.75, 3.05) is 40.6 Å². The van der Waals surface area contributed by atoms with E-state index in [1.165, 1.54) is 70.6 Å². The zero-order valence-corrected chi connectivity index (χ0v) is 27.6. The van der Waals surface area contributed by atoms with Crippen molar-refractivity contribution in [2.24, 2.45) is 5.92 Å². The maximum absolute atomic E-state index is 5.92. The largest absolute Gasteiger partial charge is 0.370 e. The normalized spacial score (nSPS) is 13.6. The summed E-state index contributed by atoms with van der Waals surface area (Å²) in [5.41, 5.74) is 0. The molecule has 0 heterocycles. The molecule has 0 amide bonds. The second-order valence-corrected chi connectivity index (χ2v) is 10.2. The lowest BCUT2D eigenvalue weighted by Crippen LogP contribution is -2.51. The summed E-state index contributed by atoms with van der Waals surface area (Å²) < 4.78 is 34.4. The van der Waals surface area contributed by atoms with Gasteiger partial charge < -0.3 is 28.4 Å². The van der Waals surface area contributed by atoms with E-state index in [9.17, 15) is 0 Å². The van der Waals surface area contributed by atoms with Crippen LogP contribution < -0.4 is 0 Å². The van der Waals surface area contributed by atoms with Gasteiger partial charge in [0.2, 0.25) is 0 Å². The molecule has 0 aromatic heterocycles. The Bertz CT molecular complexity index is 491. The van der Waals surface area contributed by atoms with Crippen LogP contribution in [0.15, 0.2) is 12.7 Å². The molecule has 6 nitrogen and oxygen atoms in total. The average Bonchev–Trinajstić information content (AvgIpc) is 2.94. The zero-order chi connectivity index (χ0) is 29.8. The number of hydrogen-bond donors (Lipinski definition) is 0. The molecule has 0 N–H and O–H groups in total. The van der Waals surface area contributed by atoms with E-state index in [0.29, 0.717) is 26.4 Å². The van der Waals surface area contributed by atoms with E-state index in [1.807, 2.05) is 40.7 Å². The summed E-state index contributed by atoms with van der Waals surface area (Å²) in [4.78, 5) is 0. The first-order chi connectivity index (χ1) is 18.8. The van der Waals surface area contributed by atoms with Crippen LogP contribution in [0, 0.1) is 5.92 Å². The van der Waals surface area contributed by atoms with Crippen molar-refractivity contribution < 1.29 is 28.4 Å². The van der Waals surface area contributed by atoms with Crippen LogP contribution in [0.3, 0.4) is 0 Å². The monoisotopic (exact) mass is 561 g/mol. The van der Waals surface area contributed by atoms with E-state index in [1.54, 1.807) is 14.2 Å².